The molecule has 0 aliphatic carbocycles. The Labute approximate surface area is 179 Å². The highest BCUT2D eigenvalue weighted by Crippen LogP contribution is 2.27. The number of unbranched alkanes of at least 4 members (excludes halogenated alkanes) is 3. The first-order valence-electron chi connectivity index (χ1n) is 9.20. The van der Waals surface area contributed by atoms with Gasteiger partial charge >= 0.3 is 0 Å². The van der Waals surface area contributed by atoms with Gasteiger partial charge in [0, 0.05) is 17.3 Å². The van der Waals surface area contributed by atoms with Gasteiger partial charge in [-0.3, -0.25) is 20.2 Å². The number of hydrogen-bond donors (Lipinski definition) is 2. The summed E-state index contributed by atoms with van der Waals surface area (Å²) in [5.41, 5.74) is 0.504. The Morgan fingerprint density at radius 1 is 1.17 bits per heavy atom. The third-order valence-corrected chi connectivity index (χ3v) is 4.53. The molecule has 0 heterocycles. The number of amides is 1. The molecule has 0 unspecified atom stereocenters. The number of rotatable bonds is 9. The molecule has 1 amide bonds. The Morgan fingerprint density at radius 3 is 2.55 bits per heavy atom. The van der Waals surface area contributed by atoms with Crippen molar-refractivity contribution in [2.45, 2.75) is 32.6 Å². The van der Waals surface area contributed by atoms with Crippen molar-refractivity contribution in [3.05, 3.63) is 63.2 Å². The highest BCUT2D eigenvalue weighted by molar-refractivity contribution is 7.80. The van der Waals surface area contributed by atoms with Crippen LogP contribution in [-0.2, 0) is 0 Å². The van der Waals surface area contributed by atoms with Crippen LogP contribution in [-0.4, -0.2) is 22.5 Å². The molecule has 0 aromatic heterocycles. The summed E-state index contributed by atoms with van der Waals surface area (Å²) < 4.78 is 5.65. The molecule has 0 atom stereocenters. The molecule has 0 spiro atoms. The Bertz CT molecular complexity index is 875. The smallest absolute Gasteiger partial charge is 0.289 e. The molecule has 0 saturated heterocycles. The van der Waals surface area contributed by atoms with Crippen molar-refractivity contribution in [3.63, 3.8) is 0 Å². The maximum absolute atomic E-state index is 12.3. The van der Waals surface area contributed by atoms with Gasteiger partial charge in [-0.25, -0.2) is 0 Å². The molecule has 9 heteroatoms. The van der Waals surface area contributed by atoms with Crippen molar-refractivity contribution >= 4 is 46.2 Å². The summed E-state index contributed by atoms with van der Waals surface area (Å²) in [4.78, 5) is 22.7. The summed E-state index contributed by atoms with van der Waals surface area (Å²) in [6.45, 7) is 2.80. The number of nitro groups is 1. The second kappa shape index (κ2) is 11.3. The second-order valence-electron chi connectivity index (χ2n) is 6.27. The maximum atomic E-state index is 12.3. The van der Waals surface area contributed by atoms with E-state index in [1.165, 1.54) is 31.0 Å². The molecule has 0 bridgehead atoms. The SMILES string of the molecule is CCCCCCOc1ccc(C(=O)NC(=S)Nc2ccc(Cl)c([N+](=O)[O-])c2)cc1. The van der Waals surface area contributed by atoms with Gasteiger partial charge in [-0.15, -0.1) is 0 Å². The summed E-state index contributed by atoms with van der Waals surface area (Å²) in [6, 6.07) is 10.9. The van der Waals surface area contributed by atoms with E-state index in [4.69, 9.17) is 28.6 Å². The van der Waals surface area contributed by atoms with Gasteiger partial charge in [0.2, 0.25) is 0 Å². The number of nitrogens with zero attached hydrogens (tertiary/aromatic N) is 1. The summed E-state index contributed by atoms with van der Waals surface area (Å²) in [7, 11) is 0. The van der Waals surface area contributed by atoms with Crippen LogP contribution in [0.2, 0.25) is 5.02 Å². The number of thiocarbonyl (C=S) groups is 1. The number of hydrogen-bond acceptors (Lipinski definition) is 5. The predicted octanol–water partition coefficient (Wildman–Crippen LogP) is 5.33. The zero-order valence-electron chi connectivity index (χ0n) is 15.9. The minimum atomic E-state index is -0.595. The molecule has 0 aliphatic rings. The van der Waals surface area contributed by atoms with Crippen molar-refractivity contribution in [1.29, 1.82) is 0 Å². The van der Waals surface area contributed by atoms with Crippen LogP contribution in [0.1, 0.15) is 43.0 Å². The first kappa shape index (κ1) is 22.6. The first-order chi connectivity index (χ1) is 13.9. The molecular weight excluding hydrogens is 414 g/mol. The van der Waals surface area contributed by atoms with Gasteiger partial charge in [-0.05, 0) is 55.0 Å². The van der Waals surface area contributed by atoms with Gasteiger partial charge in [-0.2, -0.15) is 0 Å². The van der Waals surface area contributed by atoms with Crippen molar-refractivity contribution in [2.24, 2.45) is 0 Å². The Kier molecular flexibility index (Phi) is 8.82. The topological polar surface area (TPSA) is 93.5 Å². The van der Waals surface area contributed by atoms with E-state index in [9.17, 15) is 14.9 Å². The number of benzene rings is 2. The lowest BCUT2D eigenvalue weighted by Crippen LogP contribution is -2.34. The van der Waals surface area contributed by atoms with Gasteiger partial charge < -0.3 is 10.1 Å². The average Bonchev–Trinajstić information content (AvgIpc) is 2.69. The largest absolute Gasteiger partial charge is 0.494 e. The fourth-order valence-electron chi connectivity index (χ4n) is 2.49. The lowest BCUT2D eigenvalue weighted by Gasteiger charge is -2.10. The van der Waals surface area contributed by atoms with E-state index < -0.39 is 10.8 Å². The first-order valence-corrected chi connectivity index (χ1v) is 9.98. The van der Waals surface area contributed by atoms with E-state index in [2.05, 4.69) is 17.6 Å². The minimum absolute atomic E-state index is 0.0165. The van der Waals surface area contributed by atoms with Gasteiger partial charge in [0.25, 0.3) is 11.6 Å². The number of carbonyl (C=O) groups excluding carboxylic acids is 1. The van der Waals surface area contributed by atoms with E-state index in [0.717, 1.165) is 12.8 Å². The number of nitrogens with one attached hydrogen (secondary N) is 2. The van der Waals surface area contributed by atoms with E-state index >= 15 is 0 Å². The third kappa shape index (κ3) is 7.32. The molecule has 0 aliphatic heterocycles. The van der Waals surface area contributed by atoms with Crippen LogP contribution < -0.4 is 15.4 Å². The average molecular weight is 436 g/mol. The number of halogens is 1. The van der Waals surface area contributed by atoms with E-state index in [1.54, 1.807) is 24.3 Å². The van der Waals surface area contributed by atoms with Crippen molar-refractivity contribution in [2.75, 3.05) is 11.9 Å². The Hall–Kier alpha value is -2.71. The molecule has 154 valence electrons. The van der Waals surface area contributed by atoms with Crippen molar-refractivity contribution < 1.29 is 14.5 Å². The second-order valence-corrected chi connectivity index (χ2v) is 7.08. The van der Waals surface area contributed by atoms with Crippen LogP contribution in [0.25, 0.3) is 0 Å². The van der Waals surface area contributed by atoms with Gasteiger partial charge in [0.05, 0.1) is 11.5 Å². The lowest BCUT2D eigenvalue weighted by atomic mass is 10.2. The molecule has 2 N–H and O–H groups in total. The lowest BCUT2D eigenvalue weighted by molar-refractivity contribution is -0.384. The van der Waals surface area contributed by atoms with E-state index in [0.29, 0.717) is 23.6 Å². The highest BCUT2D eigenvalue weighted by Gasteiger charge is 2.14. The third-order valence-electron chi connectivity index (χ3n) is 4.01. The zero-order valence-corrected chi connectivity index (χ0v) is 17.5. The number of anilines is 1. The number of carbonyl (C=O) groups is 1. The summed E-state index contributed by atoms with van der Waals surface area (Å²) >= 11 is 10.9. The number of nitro benzene ring substituents is 1. The predicted molar refractivity (Wildman–Crippen MR) is 118 cm³/mol. The van der Waals surface area contributed by atoms with E-state index in [1.807, 2.05) is 0 Å². The molecule has 2 rings (SSSR count). The number of ether oxygens (including phenoxy) is 1. The van der Waals surface area contributed by atoms with Crippen LogP contribution in [0, 0.1) is 10.1 Å². The van der Waals surface area contributed by atoms with Gasteiger partial charge in [0.1, 0.15) is 10.8 Å². The Balaban J connectivity index is 1.87. The molecule has 2 aromatic carbocycles. The monoisotopic (exact) mass is 435 g/mol. The summed E-state index contributed by atoms with van der Waals surface area (Å²) in [6.07, 6.45) is 4.51. The van der Waals surface area contributed by atoms with Crippen molar-refractivity contribution in [1.82, 2.24) is 5.32 Å². The van der Waals surface area contributed by atoms with Gasteiger partial charge in [-0.1, -0.05) is 37.8 Å². The molecule has 2 aromatic rings. The molecule has 0 fully saturated rings. The normalized spacial score (nSPS) is 10.3. The molecular formula is C20H22ClN3O4S. The van der Waals surface area contributed by atoms with Crippen LogP contribution in [0.15, 0.2) is 42.5 Å². The van der Waals surface area contributed by atoms with Crippen LogP contribution in [0.5, 0.6) is 5.75 Å². The Morgan fingerprint density at radius 2 is 1.90 bits per heavy atom. The molecule has 0 saturated carbocycles. The molecule has 7 nitrogen and oxygen atoms in total. The maximum Gasteiger partial charge on any atom is 0.289 e. The standard InChI is InChI=1S/C20H22ClN3O4S/c1-2-3-4-5-12-28-16-9-6-14(7-10-16)19(25)23-20(29)22-15-8-11-17(21)18(13-15)24(26)27/h6-11,13H,2-5,12H2,1H3,(H2,22,23,25,29). The zero-order chi connectivity index (χ0) is 21.2. The summed E-state index contributed by atoms with van der Waals surface area (Å²) in [5, 5.41) is 16.2. The fraction of sp³-hybridized carbons (Fsp3) is 0.300. The van der Waals surface area contributed by atoms with Crippen molar-refractivity contribution in [3.8, 4) is 5.75 Å². The quantitative estimate of drug-likeness (QED) is 0.239. The molecule has 0 radical (unpaired) electrons. The highest BCUT2D eigenvalue weighted by atomic mass is 35.5. The minimum Gasteiger partial charge on any atom is -0.494 e. The van der Waals surface area contributed by atoms with Gasteiger partial charge in [0.15, 0.2) is 5.11 Å². The van der Waals surface area contributed by atoms with Crippen LogP contribution in [0.4, 0.5) is 11.4 Å². The van der Waals surface area contributed by atoms with Crippen LogP contribution in [0.3, 0.4) is 0 Å². The fourth-order valence-corrected chi connectivity index (χ4v) is 2.89. The van der Waals surface area contributed by atoms with E-state index in [-0.39, 0.29) is 15.8 Å². The molecule has 29 heavy (non-hydrogen) atoms. The van der Waals surface area contributed by atoms with Crippen LogP contribution >= 0.6 is 23.8 Å². The summed E-state index contributed by atoms with van der Waals surface area (Å²) in [5.74, 6) is 0.299.